The summed E-state index contributed by atoms with van der Waals surface area (Å²) in [6, 6.07) is 24.2. The molecule has 2 bridgehead atoms. The third-order valence-electron chi connectivity index (χ3n) is 6.92. The molecule has 162 valence electrons. The highest BCUT2D eigenvalue weighted by Crippen LogP contribution is 2.33. The monoisotopic (exact) mass is 433 g/mol. The Morgan fingerprint density at radius 1 is 1.00 bits per heavy atom. The molecule has 5 heteroatoms. The van der Waals surface area contributed by atoms with Crippen LogP contribution in [0.15, 0.2) is 77.7 Å². The molecule has 33 heavy (non-hydrogen) atoms. The molecular weight excluding hydrogens is 410 g/mol. The van der Waals surface area contributed by atoms with Crippen LogP contribution in [0.3, 0.4) is 0 Å². The summed E-state index contributed by atoms with van der Waals surface area (Å²) < 4.78 is 7.46. The first-order valence-electron chi connectivity index (χ1n) is 11.3. The van der Waals surface area contributed by atoms with Crippen LogP contribution in [-0.2, 0) is 4.74 Å². The fourth-order valence-electron chi connectivity index (χ4n) is 5.28. The SMILES string of the molecule is Cc1cn(-c2ccc(N3CC4CC3CO4)cc2)c(=O)c2cccc(-c3ccc(C#N)cc3)c12. The van der Waals surface area contributed by atoms with E-state index in [1.165, 1.54) is 5.69 Å². The zero-order chi connectivity index (χ0) is 22.5. The Balaban J connectivity index is 1.41. The summed E-state index contributed by atoms with van der Waals surface area (Å²) in [4.78, 5) is 15.9. The van der Waals surface area contributed by atoms with Gasteiger partial charge in [0.2, 0.25) is 0 Å². The van der Waals surface area contributed by atoms with E-state index in [1.807, 2.05) is 67.7 Å². The largest absolute Gasteiger partial charge is 0.374 e. The number of ether oxygens (including phenoxy) is 1. The molecule has 0 radical (unpaired) electrons. The van der Waals surface area contributed by atoms with Gasteiger partial charge in [-0.3, -0.25) is 9.36 Å². The number of morpholine rings is 1. The van der Waals surface area contributed by atoms with Crippen LogP contribution in [0.25, 0.3) is 27.6 Å². The molecule has 3 aromatic carbocycles. The van der Waals surface area contributed by atoms with Crippen molar-refractivity contribution in [2.24, 2.45) is 0 Å². The minimum Gasteiger partial charge on any atom is -0.374 e. The van der Waals surface area contributed by atoms with Crippen LogP contribution < -0.4 is 10.5 Å². The molecule has 4 aromatic rings. The molecule has 2 fully saturated rings. The van der Waals surface area contributed by atoms with Gasteiger partial charge < -0.3 is 9.64 Å². The van der Waals surface area contributed by atoms with E-state index in [4.69, 9.17) is 10.00 Å². The maximum atomic E-state index is 13.5. The number of nitriles is 1. The van der Waals surface area contributed by atoms with Crippen molar-refractivity contribution in [3.8, 4) is 22.9 Å². The van der Waals surface area contributed by atoms with Gasteiger partial charge in [0.05, 0.1) is 30.4 Å². The lowest BCUT2D eigenvalue weighted by atomic mass is 9.96. The fourth-order valence-corrected chi connectivity index (χ4v) is 5.28. The molecular formula is C28H23N3O2. The van der Waals surface area contributed by atoms with Crippen LogP contribution in [0.5, 0.6) is 0 Å². The smallest absolute Gasteiger partial charge is 0.262 e. The Hall–Kier alpha value is -3.88. The number of nitrogens with zero attached hydrogens (tertiary/aromatic N) is 3. The van der Waals surface area contributed by atoms with Gasteiger partial charge in [0.1, 0.15) is 0 Å². The Labute approximate surface area is 192 Å². The molecule has 2 atom stereocenters. The van der Waals surface area contributed by atoms with Gasteiger partial charge in [-0.1, -0.05) is 24.3 Å². The lowest BCUT2D eigenvalue weighted by molar-refractivity contribution is 0.0991. The van der Waals surface area contributed by atoms with Crippen LogP contribution >= 0.6 is 0 Å². The number of rotatable bonds is 3. The molecule has 0 N–H and O–H groups in total. The minimum atomic E-state index is -0.0347. The number of pyridine rings is 1. The highest BCUT2D eigenvalue weighted by molar-refractivity contribution is 5.98. The summed E-state index contributed by atoms with van der Waals surface area (Å²) in [6.07, 6.45) is 3.39. The van der Waals surface area contributed by atoms with Gasteiger partial charge in [-0.15, -0.1) is 0 Å². The summed E-state index contributed by atoms with van der Waals surface area (Å²) in [7, 11) is 0. The number of fused-ring (bicyclic) bond motifs is 3. The van der Waals surface area contributed by atoms with Crippen molar-refractivity contribution in [1.82, 2.24) is 4.57 Å². The maximum absolute atomic E-state index is 13.5. The summed E-state index contributed by atoms with van der Waals surface area (Å²) in [6.45, 7) is 3.79. The normalized spacial score (nSPS) is 19.2. The van der Waals surface area contributed by atoms with Crippen molar-refractivity contribution in [3.63, 3.8) is 0 Å². The Kier molecular flexibility index (Phi) is 4.56. The van der Waals surface area contributed by atoms with E-state index in [-0.39, 0.29) is 5.56 Å². The first kappa shape index (κ1) is 19.8. The van der Waals surface area contributed by atoms with Gasteiger partial charge in [-0.25, -0.2) is 0 Å². The van der Waals surface area contributed by atoms with Crippen molar-refractivity contribution >= 4 is 16.5 Å². The third-order valence-corrected chi connectivity index (χ3v) is 6.92. The molecule has 1 aromatic heterocycles. The molecule has 0 spiro atoms. The van der Waals surface area contributed by atoms with E-state index in [1.54, 1.807) is 4.57 Å². The predicted molar refractivity (Wildman–Crippen MR) is 130 cm³/mol. The van der Waals surface area contributed by atoms with Gasteiger partial charge in [0.25, 0.3) is 5.56 Å². The second-order valence-corrected chi connectivity index (χ2v) is 8.92. The summed E-state index contributed by atoms with van der Waals surface area (Å²) in [5.41, 5.74) is 5.65. The zero-order valence-electron chi connectivity index (χ0n) is 18.4. The van der Waals surface area contributed by atoms with E-state index in [9.17, 15) is 4.79 Å². The van der Waals surface area contributed by atoms with Gasteiger partial charge in [-0.05, 0) is 77.9 Å². The van der Waals surface area contributed by atoms with Crippen molar-refractivity contribution in [2.75, 3.05) is 18.1 Å². The van der Waals surface area contributed by atoms with Crippen LogP contribution in [0, 0.1) is 18.3 Å². The van der Waals surface area contributed by atoms with Gasteiger partial charge >= 0.3 is 0 Å². The molecule has 6 rings (SSSR count). The van der Waals surface area contributed by atoms with E-state index in [0.717, 1.165) is 47.3 Å². The fraction of sp³-hybridized carbons (Fsp3) is 0.214. The summed E-state index contributed by atoms with van der Waals surface area (Å²) in [5, 5.41) is 10.7. The second kappa shape index (κ2) is 7.61. The standard InChI is InChI=1S/C28H23N3O2/c1-18-15-31(22-11-9-21(10-12-22)30-16-24-13-23(30)17-33-24)28(32)26-4-2-3-25(27(18)26)20-7-5-19(14-29)6-8-20/h2-12,15,23-24H,13,16-17H2,1H3. The van der Waals surface area contributed by atoms with E-state index in [0.29, 0.717) is 23.1 Å². The first-order valence-corrected chi connectivity index (χ1v) is 11.3. The highest BCUT2D eigenvalue weighted by atomic mass is 16.5. The van der Waals surface area contributed by atoms with E-state index >= 15 is 0 Å². The number of benzene rings is 3. The second-order valence-electron chi connectivity index (χ2n) is 8.92. The molecule has 2 saturated heterocycles. The average Bonchev–Trinajstić information content (AvgIpc) is 3.50. The maximum Gasteiger partial charge on any atom is 0.262 e. The van der Waals surface area contributed by atoms with Crippen molar-refractivity contribution in [3.05, 3.63) is 94.4 Å². The molecule has 0 aliphatic carbocycles. The van der Waals surface area contributed by atoms with Crippen LogP contribution in [0.1, 0.15) is 17.5 Å². The Bertz CT molecular complexity index is 1460. The molecule has 0 amide bonds. The van der Waals surface area contributed by atoms with Crippen molar-refractivity contribution in [2.45, 2.75) is 25.5 Å². The first-order chi connectivity index (χ1) is 16.1. The van der Waals surface area contributed by atoms with Crippen molar-refractivity contribution < 1.29 is 4.74 Å². The number of aromatic nitrogens is 1. The molecule has 0 saturated carbocycles. The van der Waals surface area contributed by atoms with Crippen molar-refractivity contribution in [1.29, 1.82) is 5.26 Å². The zero-order valence-corrected chi connectivity index (χ0v) is 18.4. The minimum absolute atomic E-state index is 0.0347. The topological polar surface area (TPSA) is 58.3 Å². The number of anilines is 1. The quantitative estimate of drug-likeness (QED) is 0.465. The third kappa shape index (κ3) is 3.23. The van der Waals surface area contributed by atoms with E-state index < -0.39 is 0 Å². The molecule has 2 aliphatic heterocycles. The van der Waals surface area contributed by atoms with E-state index in [2.05, 4.69) is 23.1 Å². The Morgan fingerprint density at radius 3 is 2.42 bits per heavy atom. The molecule has 3 heterocycles. The lowest BCUT2D eigenvalue weighted by Crippen LogP contribution is -2.36. The molecule has 2 unspecified atom stereocenters. The van der Waals surface area contributed by atoms with Gasteiger partial charge in [0, 0.05) is 29.5 Å². The summed E-state index contributed by atoms with van der Waals surface area (Å²) >= 11 is 0. The Morgan fingerprint density at radius 2 is 1.76 bits per heavy atom. The van der Waals surface area contributed by atoms with Crippen LogP contribution in [0.2, 0.25) is 0 Å². The van der Waals surface area contributed by atoms with Crippen LogP contribution in [0.4, 0.5) is 5.69 Å². The van der Waals surface area contributed by atoms with Gasteiger partial charge in [0.15, 0.2) is 0 Å². The molecule has 5 nitrogen and oxygen atoms in total. The number of hydrogen-bond acceptors (Lipinski definition) is 4. The van der Waals surface area contributed by atoms with Crippen LogP contribution in [-0.4, -0.2) is 29.9 Å². The highest BCUT2D eigenvalue weighted by Gasteiger charge is 2.38. The summed E-state index contributed by atoms with van der Waals surface area (Å²) in [5.74, 6) is 0. The number of aryl methyl sites for hydroxylation is 1. The van der Waals surface area contributed by atoms with Gasteiger partial charge in [-0.2, -0.15) is 5.26 Å². The number of hydrogen-bond donors (Lipinski definition) is 0. The average molecular weight is 434 g/mol. The molecule has 2 aliphatic rings. The predicted octanol–water partition coefficient (Wildman–Crippen LogP) is 4.82. The lowest BCUT2D eigenvalue weighted by Gasteiger charge is -2.29.